The largest absolute Gasteiger partial charge is 0.379 e. The van der Waals surface area contributed by atoms with E-state index in [2.05, 4.69) is 27.4 Å². The maximum atomic E-state index is 11.9. The highest BCUT2D eigenvalue weighted by Gasteiger charge is 2.21. The van der Waals surface area contributed by atoms with Crippen molar-refractivity contribution in [2.45, 2.75) is 45.1 Å². The molecule has 0 aromatic carbocycles. The Morgan fingerprint density at radius 2 is 2.04 bits per heavy atom. The molecule has 1 heterocycles. The molecule has 26 heavy (non-hydrogen) atoms. The molecular formula is C19H37N5O2. The average Bonchev–Trinajstić information content (AvgIpc) is 2.66. The molecule has 2 aliphatic rings. The molecule has 0 aromatic heterocycles. The van der Waals surface area contributed by atoms with Gasteiger partial charge >= 0.3 is 0 Å². The lowest BCUT2D eigenvalue weighted by Gasteiger charge is -2.31. The zero-order valence-electron chi connectivity index (χ0n) is 16.8. The average molecular weight is 368 g/mol. The second-order valence-corrected chi connectivity index (χ2v) is 7.62. The van der Waals surface area contributed by atoms with E-state index in [1.807, 2.05) is 0 Å². The zero-order valence-corrected chi connectivity index (χ0v) is 16.8. The molecule has 2 rings (SSSR count). The maximum absolute atomic E-state index is 11.9. The first-order valence-electron chi connectivity index (χ1n) is 10.1. The molecule has 1 saturated heterocycles. The molecule has 0 bridgehead atoms. The number of hydrogen-bond donors (Lipinski definition) is 2. The summed E-state index contributed by atoms with van der Waals surface area (Å²) in [6.45, 7) is 7.86. The van der Waals surface area contributed by atoms with Crippen LogP contribution in [0.1, 0.15) is 39.0 Å². The lowest BCUT2D eigenvalue weighted by Crippen LogP contribution is -2.48. The number of morpholine rings is 1. The minimum Gasteiger partial charge on any atom is -0.379 e. The van der Waals surface area contributed by atoms with Crippen molar-refractivity contribution in [2.75, 3.05) is 60.0 Å². The van der Waals surface area contributed by atoms with Crippen LogP contribution in [-0.2, 0) is 9.53 Å². The Labute approximate surface area is 158 Å². The minimum absolute atomic E-state index is 0.0226. The van der Waals surface area contributed by atoms with Crippen molar-refractivity contribution >= 4 is 11.9 Å². The van der Waals surface area contributed by atoms with E-state index >= 15 is 0 Å². The summed E-state index contributed by atoms with van der Waals surface area (Å²) in [6.07, 6.45) is 6.23. The second kappa shape index (κ2) is 11.4. The lowest BCUT2D eigenvalue weighted by atomic mass is 9.84. The molecule has 1 amide bonds. The van der Waals surface area contributed by atoms with Crippen molar-refractivity contribution in [3.8, 4) is 0 Å². The number of rotatable bonds is 7. The van der Waals surface area contributed by atoms with Crippen LogP contribution in [0, 0.1) is 5.92 Å². The molecule has 1 aliphatic carbocycles. The normalized spacial score (nSPS) is 25.0. The van der Waals surface area contributed by atoms with Gasteiger partial charge < -0.3 is 20.3 Å². The van der Waals surface area contributed by atoms with E-state index in [0.29, 0.717) is 6.04 Å². The Kier molecular flexibility index (Phi) is 9.18. The molecule has 7 heteroatoms. The standard InChI is InChI=1S/C19H37N5O2/c1-4-16-6-5-7-17(14-16)22-19(21-15-18(25)23(2)3)20-8-9-24-10-12-26-13-11-24/h16-17H,4-15H2,1-3H3,(H2,20,21,22). The molecule has 2 N–H and O–H groups in total. The maximum Gasteiger partial charge on any atom is 0.243 e. The number of aliphatic imine (C=N–C) groups is 1. The monoisotopic (exact) mass is 367 g/mol. The summed E-state index contributed by atoms with van der Waals surface area (Å²) in [5, 5.41) is 7.00. The smallest absolute Gasteiger partial charge is 0.243 e. The van der Waals surface area contributed by atoms with Gasteiger partial charge in [-0.2, -0.15) is 0 Å². The van der Waals surface area contributed by atoms with Crippen LogP contribution in [0.5, 0.6) is 0 Å². The van der Waals surface area contributed by atoms with Crippen LogP contribution in [0.2, 0.25) is 0 Å². The highest BCUT2D eigenvalue weighted by molar-refractivity contribution is 5.84. The third-order valence-corrected chi connectivity index (χ3v) is 5.40. The summed E-state index contributed by atoms with van der Waals surface area (Å²) < 4.78 is 5.40. The van der Waals surface area contributed by atoms with Gasteiger partial charge in [0.15, 0.2) is 5.96 Å². The van der Waals surface area contributed by atoms with E-state index in [0.717, 1.165) is 51.3 Å². The zero-order chi connectivity index (χ0) is 18.8. The molecule has 0 spiro atoms. The molecule has 2 atom stereocenters. The molecule has 1 saturated carbocycles. The first-order chi connectivity index (χ1) is 12.6. The molecule has 1 aliphatic heterocycles. The van der Waals surface area contributed by atoms with Gasteiger partial charge in [0.1, 0.15) is 6.54 Å². The first-order valence-corrected chi connectivity index (χ1v) is 10.1. The van der Waals surface area contributed by atoms with Crippen molar-refractivity contribution in [2.24, 2.45) is 10.9 Å². The first kappa shape index (κ1) is 21.0. The fourth-order valence-corrected chi connectivity index (χ4v) is 3.58. The molecule has 2 fully saturated rings. The number of ether oxygens (including phenoxy) is 1. The van der Waals surface area contributed by atoms with E-state index in [1.165, 1.54) is 32.1 Å². The molecule has 7 nitrogen and oxygen atoms in total. The Morgan fingerprint density at radius 3 is 2.73 bits per heavy atom. The highest BCUT2D eigenvalue weighted by atomic mass is 16.5. The van der Waals surface area contributed by atoms with Gasteiger partial charge in [0.25, 0.3) is 0 Å². The highest BCUT2D eigenvalue weighted by Crippen LogP contribution is 2.26. The topological polar surface area (TPSA) is 69.2 Å². The summed E-state index contributed by atoms with van der Waals surface area (Å²) in [7, 11) is 3.54. The van der Waals surface area contributed by atoms with Gasteiger partial charge in [-0.3, -0.25) is 9.69 Å². The van der Waals surface area contributed by atoms with Crippen LogP contribution in [0.3, 0.4) is 0 Å². The van der Waals surface area contributed by atoms with Gasteiger partial charge in [-0.15, -0.1) is 0 Å². The molecule has 0 radical (unpaired) electrons. The van der Waals surface area contributed by atoms with Gasteiger partial charge in [-0.05, 0) is 18.8 Å². The summed E-state index contributed by atoms with van der Waals surface area (Å²) >= 11 is 0. The van der Waals surface area contributed by atoms with Crippen molar-refractivity contribution in [3.05, 3.63) is 0 Å². The van der Waals surface area contributed by atoms with E-state index in [4.69, 9.17) is 4.74 Å². The van der Waals surface area contributed by atoms with Crippen molar-refractivity contribution in [1.29, 1.82) is 0 Å². The number of carbonyl (C=O) groups excluding carboxylic acids is 1. The Hall–Kier alpha value is -1.34. The Balaban J connectivity index is 1.85. The number of guanidine groups is 1. The fraction of sp³-hybridized carbons (Fsp3) is 0.895. The van der Waals surface area contributed by atoms with Crippen LogP contribution >= 0.6 is 0 Å². The lowest BCUT2D eigenvalue weighted by molar-refractivity contribution is -0.127. The summed E-state index contributed by atoms with van der Waals surface area (Å²) in [5.41, 5.74) is 0. The van der Waals surface area contributed by atoms with Crippen LogP contribution < -0.4 is 10.6 Å². The molecule has 0 aromatic rings. The SMILES string of the molecule is CCC1CCCC(NC(=NCC(=O)N(C)C)NCCN2CCOCC2)C1. The van der Waals surface area contributed by atoms with E-state index in [1.54, 1.807) is 19.0 Å². The van der Waals surface area contributed by atoms with Gasteiger partial charge in [0, 0.05) is 46.3 Å². The van der Waals surface area contributed by atoms with Crippen LogP contribution in [0.25, 0.3) is 0 Å². The molecular weight excluding hydrogens is 330 g/mol. The third-order valence-electron chi connectivity index (χ3n) is 5.40. The van der Waals surface area contributed by atoms with Crippen LogP contribution in [-0.4, -0.2) is 87.7 Å². The van der Waals surface area contributed by atoms with Crippen molar-refractivity contribution in [1.82, 2.24) is 20.4 Å². The van der Waals surface area contributed by atoms with Crippen LogP contribution in [0.15, 0.2) is 4.99 Å². The summed E-state index contributed by atoms with van der Waals surface area (Å²) in [4.78, 5) is 20.4. The minimum atomic E-state index is 0.0226. The summed E-state index contributed by atoms with van der Waals surface area (Å²) in [5.74, 6) is 1.60. The van der Waals surface area contributed by atoms with E-state index < -0.39 is 0 Å². The number of amides is 1. The second-order valence-electron chi connectivity index (χ2n) is 7.62. The van der Waals surface area contributed by atoms with Gasteiger partial charge in [0.05, 0.1) is 13.2 Å². The van der Waals surface area contributed by atoms with Crippen LogP contribution in [0.4, 0.5) is 0 Å². The van der Waals surface area contributed by atoms with Crippen molar-refractivity contribution < 1.29 is 9.53 Å². The number of nitrogens with one attached hydrogen (secondary N) is 2. The third kappa shape index (κ3) is 7.50. The predicted molar refractivity (Wildman–Crippen MR) is 105 cm³/mol. The Morgan fingerprint density at radius 1 is 1.27 bits per heavy atom. The predicted octanol–water partition coefficient (Wildman–Crippen LogP) is 0.911. The van der Waals surface area contributed by atoms with E-state index in [9.17, 15) is 4.79 Å². The number of nitrogens with zero attached hydrogens (tertiary/aromatic N) is 3. The molecule has 2 unspecified atom stereocenters. The summed E-state index contributed by atoms with van der Waals surface area (Å²) in [6, 6.07) is 0.456. The van der Waals surface area contributed by atoms with Gasteiger partial charge in [-0.1, -0.05) is 26.2 Å². The quantitative estimate of drug-likeness (QED) is 0.517. The Bertz CT molecular complexity index is 449. The number of hydrogen-bond acceptors (Lipinski definition) is 4. The molecule has 150 valence electrons. The fourth-order valence-electron chi connectivity index (χ4n) is 3.58. The van der Waals surface area contributed by atoms with E-state index in [-0.39, 0.29) is 12.5 Å². The van der Waals surface area contributed by atoms with Crippen molar-refractivity contribution in [3.63, 3.8) is 0 Å². The number of carbonyl (C=O) groups is 1. The number of likely N-dealkylation sites (N-methyl/N-ethyl adjacent to an activating group) is 1. The van der Waals surface area contributed by atoms with Gasteiger partial charge in [0.2, 0.25) is 5.91 Å². The van der Waals surface area contributed by atoms with Gasteiger partial charge in [-0.25, -0.2) is 4.99 Å².